The Bertz CT molecular complexity index is 966. The average Bonchev–Trinajstić information content (AvgIpc) is 2.86. The van der Waals surface area contributed by atoms with E-state index in [9.17, 15) is 14.7 Å². The molecule has 1 aliphatic carbocycles. The molecule has 2 amide bonds. The highest BCUT2D eigenvalue weighted by molar-refractivity contribution is 6.07. The quantitative estimate of drug-likeness (QED) is 0.511. The lowest BCUT2D eigenvalue weighted by Gasteiger charge is -2.32. The number of carbonyl (C=O) groups excluding carboxylic acids is 1. The number of nitrogens with one attached hydrogen (secondary N) is 2. The fraction of sp³-hybridized carbons (Fsp3) is 0.560. The molecule has 0 atom stereocenters. The lowest BCUT2D eigenvalue weighted by Crippen LogP contribution is -2.36. The van der Waals surface area contributed by atoms with Crippen LogP contribution in [0.2, 0.25) is 0 Å². The second kappa shape index (κ2) is 10.8. The summed E-state index contributed by atoms with van der Waals surface area (Å²) >= 11 is 0. The van der Waals surface area contributed by atoms with Gasteiger partial charge in [0.1, 0.15) is 5.82 Å². The van der Waals surface area contributed by atoms with E-state index in [4.69, 9.17) is 10.1 Å². The predicted molar refractivity (Wildman–Crippen MR) is 128 cm³/mol. The van der Waals surface area contributed by atoms with E-state index in [1.165, 1.54) is 0 Å². The number of amides is 2. The van der Waals surface area contributed by atoms with Gasteiger partial charge in [0.25, 0.3) is 5.91 Å². The first-order chi connectivity index (χ1) is 16.0. The maximum atomic E-state index is 13.2. The molecule has 8 nitrogen and oxygen atoms in total. The maximum absolute atomic E-state index is 13.2. The van der Waals surface area contributed by atoms with Gasteiger partial charge in [-0.1, -0.05) is 18.2 Å². The molecule has 2 heterocycles. The number of aromatic nitrogens is 1. The number of carbonyl (C=O) groups is 2. The van der Waals surface area contributed by atoms with Crippen LogP contribution >= 0.6 is 0 Å². The third kappa shape index (κ3) is 5.93. The Morgan fingerprint density at radius 1 is 0.939 bits per heavy atom. The van der Waals surface area contributed by atoms with Crippen LogP contribution in [0.3, 0.4) is 0 Å². The third-order valence-corrected chi connectivity index (χ3v) is 7.20. The van der Waals surface area contributed by atoms with Gasteiger partial charge in [0.2, 0.25) is 0 Å². The van der Waals surface area contributed by atoms with Crippen molar-refractivity contribution in [2.75, 3.05) is 37.7 Å². The molecule has 2 fully saturated rings. The van der Waals surface area contributed by atoms with Gasteiger partial charge in [0, 0.05) is 38.2 Å². The number of rotatable bonds is 7. The number of benzene rings is 1. The van der Waals surface area contributed by atoms with Crippen LogP contribution in [0.1, 0.15) is 48.9 Å². The van der Waals surface area contributed by atoms with Gasteiger partial charge in [-0.2, -0.15) is 0 Å². The summed E-state index contributed by atoms with van der Waals surface area (Å²) in [5, 5.41) is 24.7. The van der Waals surface area contributed by atoms with Gasteiger partial charge in [-0.3, -0.25) is 4.79 Å². The molecule has 4 N–H and O–H groups in total. The molecule has 1 aromatic heterocycles. The summed E-state index contributed by atoms with van der Waals surface area (Å²) in [5.74, 6) is 1.89. The smallest absolute Gasteiger partial charge is 0.404 e. The highest BCUT2D eigenvalue weighted by Crippen LogP contribution is 2.29. The molecule has 0 radical (unpaired) electrons. The SMILES string of the molecule is O=C(O)NCC1CCC(CNC(=O)c2cc(N3CCC(CO)CC3)nc3ccccc23)CC1. The molecule has 0 spiro atoms. The maximum Gasteiger partial charge on any atom is 0.404 e. The van der Waals surface area contributed by atoms with Crippen LogP contribution < -0.4 is 15.5 Å². The number of carboxylic acid groups (broad SMARTS) is 1. The van der Waals surface area contributed by atoms with Gasteiger partial charge in [-0.15, -0.1) is 0 Å². The first kappa shape index (κ1) is 23.3. The first-order valence-electron chi connectivity index (χ1n) is 12.0. The van der Waals surface area contributed by atoms with Crippen LogP contribution in [0, 0.1) is 17.8 Å². The number of aliphatic hydroxyl groups is 1. The summed E-state index contributed by atoms with van der Waals surface area (Å²) < 4.78 is 0. The Balaban J connectivity index is 1.40. The topological polar surface area (TPSA) is 115 Å². The van der Waals surface area contributed by atoms with Gasteiger partial charge in [-0.05, 0) is 68.4 Å². The zero-order valence-electron chi connectivity index (χ0n) is 19.0. The number of aliphatic hydroxyl groups excluding tert-OH is 1. The van der Waals surface area contributed by atoms with Crippen LogP contribution in [0.4, 0.5) is 10.6 Å². The molecule has 1 aromatic carbocycles. The average molecular weight is 455 g/mol. The fourth-order valence-electron chi connectivity index (χ4n) is 5.06. The van der Waals surface area contributed by atoms with Crippen molar-refractivity contribution in [3.05, 3.63) is 35.9 Å². The molecule has 33 heavy (non-hydrogen) atoms. The van der Waals surface area contributed by atoms with Crippen molar-refractivity contribution in [1.82, 2.24) is 15.6 Å². The molecule has 0 unspecified atom stereocenters. The van der Waals surface area contributed by atoms with Gasteiger partial charge in [0.05, 0.1) is 11.1 Å². The van der Waals surface area contributed by atoms with E-state index in [1.807, 2.05) is 30.3 Å². The summed E-state index contributed by atoms with van der Waals surface area (Å²) in [4.78, 5) is 30.9. The molecule has 0 bridgehead atoms. The van der Waals surface area contributed by atoms with Crippen molar-refractivity contribution in [2.45, 2.75) is 38.5 Å². The molecule has 2 aliphatic rings. The van der Waals surface area contributed by atoms with Crippen LogP contribution in [-0.4, -0.2) is 60.0 Å². The summed E-state index contributed by atoms with van der Waals surface area (Å²) in [6.45, 7) is 3.03. The zero-order chi connectivity index (χ0) is 23.2. The minimum atomic E-state index is -0.967. The molecule has 1 saturated carbocycles. The number of anilines is 1. The lowest BCUT2D eigenvalue weighted by molar-refractivity contribution is 0.0942. The van der Waals surface area contributed by atoms with E-state index < -0.39 is 6.09 Å². The van der Waals surface area contributed by atoms with E-state index in [2.05, 4.69) is 15.5 Å². The van der Waals surface area contributed by atoms with Crippen molar-refractivity contribution in [3.8, 4) is 0 Å². The van der Waals surface area contributed by atoms with Gasteiger partial charge in [0.15, 0.2) is 0 Å². The Labute approximate surface area is 194 Å². The summed E-state index contributed by atoms with van der Waals surface area (Å²) in [6, 6.07) is 9.67. The van der Waals surface area contributed by atoms with Crippen LogP contribution in [0.25, 0.3) is 10.9 Å². The Morgan fingerprint density at radius 3 is 2.21 bits per heavy atom. The second-order valence-electron chi connectivity index (χ2n) is 9.44. The van der Waals surface area contributed by atoms with E-state index in [-0.39, 0.29) is 12.5 Å². The highest BCUT2D eigenvalue weighted by Gasteiger charge is 2.24. The number of pyridine rings is 1. The van der Waals surface area contributed by atoms with E-state index in [0.29, 0.717) is 36.4 Å². The standard InChI is InChI=1S/C25H34N4O4/c30-16-19-9-11-29(12-10-19)23-13-21(20-3-1-2-4-22(20)28-23)24(31)26-14-17-5-7-18(8-6-17)15-27-25(32)33/h1-4,13,17-19,27,30H,5-12,14-16H2,(H,26,31)(H,32,33). The number of hydrogen-bond acceptors (Lipinski definition) is 5. The van der Waals surface area contributed by atoms with E-state index in [0.717, 1.165) is 68.3 Å². The monoisotopic (exact) mass is 454 g/mol. The third-order valence-electron chi connectivity index (χ3n) is 7.20. The number of hydrogen-bond donors (Lipinski definition) is 4. The molecule has 2 aromatic rings. The molecule has 178 valence electrons. The molecule has 8 heteroatoms. The summed E-state index contributed by atoms with van der Waals surface area (Å²) in [6.07, 6.45) is 4.84. The minimum absolute atomic E-state index is 0.0743. The molecule has 4 rings (SSSR count). The van der Waals surface area contributed by atoms with Crippen LogP contribution in [0.15, 0.2) is 30.3 Å². The highest BCUT2D eigenvalue weighted by atomic mass is 16.4. The first-order valence-corrected chi connectivity index (χ1v) is 12.0. The van der Waals surface area contributed by atoms with Crippen molar-refractivity contribution in [3.63, 3.8) is 0 Å². The van der Waals surface area contributed by atoms with Gasteiger partial charge < -0.3 is 25.7 Å². The summed E-state index contributed by atoms with van der Waals surface area (Å²) in [5.41, 5.74) is 1.47. The Kier molecular flexibility index (Phi) is 7.65. The zero-order valence-corrected chi connectivity index (χ0v) is 19.0. The predicted octanol–water partition coefficient (Wildman–Crippen LogP) is 3.25. The lowest BCUT2D eigenvalue weighted by atomic mass is 9.82. The molecule has 1 aliphatic heterocycles. The van der Waals surface area contributed by atoms with Crippen molar-refractivity contribution in [2.24, 2.45) is 17.8 Å². The largest absolute Gasteiger partial charge is 0.465 e. The minimum Gasteiger partial charge on any atom is -0.465 e. The number of para-hydroxylation sites is 1. The van der Waals surface area contributed by atoms with Crippen LogP contribution in [-0.2, 0) is 0 Å². The number of piperidine rings is 1. The van der Waals surface area contributed by atoms with Gasteiger partial charge in [-0.25, -0.2) is 9.78 Å². The van der Waals surface area contributed by atoms with E-state index in [1.54, 1.807) is 0 Å². The Morgan fingerprint density at radius 2 is 1.58 bits per heavy atom. The molecule has 1 saturated heterocycles. The van der Waals surface area contributed by atoms with Crippen molar-refractivity contribution < 1.29 is 19.8 Å². The van der Waals surface area contributed by atoms with Crippen molar-refractivity contribution in [1.29, 1.82) is 0 Å². The van der Waals surface area contributed by atoms with Gasteiger partial charge >= 0.3 is 6.09 Å². The normalized spacial score (nSPS) is 21.7. The Hall–Kier alpha value is -2.87. The number of fused-ring (bicyclic) bond motifs is 1. The molecular formula is C25H34N4O4. The van der Waals surface area contributed by atoms with Crippen molar-refractivity contribution >= 4 is 28.7 Å². The fourth-order valence-corrected chi connectivity index (χ4v) is 5.06. The molecular weight excluding hydrogens is 420 g/mol. The summed E-state index contributed by atoms with van der Waals surface area (Å²) in [7, 11) is 0. The van der Waals surface area contributed by atoms with E-state index >= 15 is 0 Å². The second-order valence-corrected chi connectivity index (χ2v) is 9.44. The number of nitrogens with zero attached hydrogens (tertiary/aromatic N) is 2. The van der Waals surface area contributed by atoms with Crippen LogP contribution in [0.5, 0.6) is 0 Å².